The number of nitrogens with one attached hydrogen (secondary N) is 2. The minimum absolute atomic E-state index is 0.184. The van der Waals surface area contributed by atoms with E-state index in [0.717, 1.165) is 29.6 Å². The Bertz CT molecular complexity index is 822. The highest BCUT2D eigenvalue weighted by molar-refractivity contribution is 6.02. The van der Waals surface area contributed by atoms with E-state index in [2.05, 4.69) is 25.5 Å². The molecule has 0 aliphatic heterocycles. The van der Waals surface area contributed by atoms with E-state index >= 15 is 0 Å². The average molecular weight is 279 g/mol. The van der Waals surface area contributed by atoms with Crippen LogP contribution in [0.2, 0.25) is 0 Å². The third-order valence-electron chi connectivity index (χ3n) is 3.53. The summed E-state index contributed by atoms with van der Waals surface area (Å²) in [6.07, 6.45) is 3.98. The summed E-state index contributed by atoms with van der Waals surface area (Å²) < 4.78 is 0. The van der Waals surface area contributed by atoms with Gasteiger partial charge in [-0.2, -0.15) is 0 Å². The zero-order chi connectivity index (χ0) is 14.2. The van der Waals surface area contributed by atoms with Gasteiger partial charge in [-0.15, -0.1) is 5.10 Å². The quantitative estimate of drug-likeness (QED) is 0.771. The van der Waals surface area contributed by atoms with Crippen LogP contribution < -0.4 is 5.32 Å². The maximum absolute atomic E-state index is 12.1. The summed E-state index contributed by atoms with van der Waals surface area (Å²) in [6, 6.07) is 9.40. The molecule has 2 heterocycles. The van der Waals surface area contributed by atoms with Gasteiger partial charge in [-0.25, -0.2) is 4.98 Å². The summed E-state index contributed by atoms with van der Waals surface area (Å²) in [6.45, 7) is 0. The number of nitrogens with zero attached hydrogens (tertiary/aromatic N) is 3. The molecule has 0 radical (unpaired) electrons. The Morgan fingerprint density at radius 1 is 1.29 bits per heavy atom. The number of fused-ring (bicyclic) bond motifs is 1. The Labute approximate surface area is 120 Å². The van der Waals surface area contributed by atoms with Crippen LogP contribution in [0.4, 0.5) is 5.69 Å². The highest BCUT2D eigenvalue weighted by Gasteiger charge is 2.28. The van der Waals surface area contributed by atoms with Crippen LogP contribution in [0.5, 0.6) is 0 Å². The lowest BCUT2D eigenvalue weighted by atomic mass is 10.2. The van der Waals surface area contributed by atoms with Crippen molar-refractivity contribution in [2.24, 2.45) is 0 Å². The number of rotatable bonds is 3. The number of benzene rings is 1. The third-order valence-corrected chi connectivity index (χ3v) is 3.53. The predicted octanol–water partition coefficient (Wildman–Crippen LogP) is 2.48. The molecule has 0 atom stereocenters. The predicted molar refractivity (Wildman–Crippen MR) is 78.1 cm³/mol. The minimum Gasteiger partial charge on any atom is -0.319 e. The Hall–Kier alpha value is -2.76. The molecular weight excluding hydrogens is 266 g/mol. The summed E-state index contributed by atoms with van der Waals surface area (Å²) in [4.78, 5) is 20.6. The fourth-order valence-corrected chi connectivity index (χ4v) is 2.26. The number of carbonyl (C=O) groups is 1. The molecular formula is C15H13N5O. The highest BCUT2D eigenvalue weighted by atomic mass is 16.2. The first-order valence-electron chi connectivity index (χ1n) is 6.88. The molecule has 0 spiro atoms. The van der Waals surface area contributed by atoms with Crippen molar-refractivity contribution in [2.75, 3.05) is 5.32 Å². The van der Waals surface area contributed by atoms with Crippen molar-refractivity contribution in [1.82, 2.24) is 20.2 Å². The molecule has 1 aliphatic carbocycles. The van der Waals surface area contributed by atoms with Crippen molar-refractivity contribution in [3.8, 4) is 0 Å². The molecule has 1 aliphatic rings. The van der Waals surface area contributed by atoms with Crippen LogP contribution >= 0.6 is 0 Å². The number of pyridine rings is 1. The monoisotopic (exact) mass is 279 g/mol. The second kappa shape index (κ2) is 4.66. The maximum atomic E-state index is 12.1. The van der Waals surface area contributed by atoms with E-state index in [1.54, 1.807) is 6.20 Å². The van der Waals surface area contributed by atoms with E-state index in [9.17, 15) is 4.79 Å². The Balaban J connectivity index is 1.56. The first kappa shape index (κ1) is 12.0. The zero-order valence-corrected chi connectivity index (χ0v) is 11.2. The van der Waals surface area contributed by atoms with Crippen molar-refractivity contribution >= 4 is 22.5 Å². The van der Waals surface area contributed by atoms with E-state index in [1.165, 1.54) is 0 Å². The molecule has 6 nitrogen and oxygen atoms in total. The van der Waals surface area contributed by atoms with Crippen LogP contribution in [0, 0.1) is 0 Å². The molecule has 1 saturated carbocycles. The number of carbonyl (C=O) groups excluding carboxylic acids is 1. The van der Waals surface area contributed by atoms with Crippen molar-refractivity contribution in [3.05, 3.63) is 48.2 Å². The van der Waals surface area contributed by atoms with E-state index in [-0.39, 0.29) is 11.7 Å². The van der Waals surface area contributed by atoms with Crippen LogP contribution in [0.1, 0.15) is 35.2 Å². The smallest absolute Gasteiger partial charge is 0.295 e. The highest BCUT2D eigenvalue weighted by Crippen LogP contribution is 2.37. The van der Waals surface area contributed by atoms with Gasteiger partial charge >= 0.3 is 0 Å². The molecule has 0 saturated heterocycles. The van der Waals surface area contributed by atoms with Crippen molar-refractivity contribution in [2.45, 2.75) is 18.8 Å². The van der Waals surface area contributed by atoms with Crippen LogP contribution in [-0.2, 0) is 0 Å². The number of H-pyrrole nitrogens is 1. The summed E-state index contributed by atoms with van der Waals surface area (Å²) in [5.41, 5.74) is 1.60. The van der Waals surface area contributed by atoms with Gasteiger partial charge in [0.2, 0.25) is 5.82 Å². The molecule has 104 valence electrons. The average Bonchev–Trinajstić information content (AvgIpc) is 3.24. The first-order valence-corrected chi connectivity index (χ1v) is 6.88. The topological polar surface area (TPSA) is 83.6 Å². The molecule has 6 heteroatoms. The molecule has 2 N–H and O–H groups in total. The van der Waals surface area contributed by atoms with Crippen molar-refractivity contribution < 1.29 is 4.79 Å². The van der Waals surface area contributed by atoms with E-state index in [4.69, 9.17) is 0 Å². The van der Waals surface area contributed by atoms with Gasteiger partial charge in [0, 0.05) is 23.2 Å². The molecule has 2 aromatic heterocycles. The maximum Gasteiger partial charge on any atom is 0.295 e. The molecule has 1 fully saturated rings. The number of aromatic amines is 1. The van der Waals surface area contributed by atoms with E-state index in [1.807, 2.05) is 30.3 Å². The van der Waals surface area contributed by atoms with Gasteiger partial charge in [0.1, 0.15) is 5.82 Å². The lowest BCUT2D eigenvalue weighted by Gasteiger charge is -2.03. The van der Waals surface area contributed by atoms with Gasteiger partial charge in [0.25, 0.3) is 5.91 Å². The zero-order valence-electron chi connectivity index (χ0n) is 11.2. The van der Waals surface area contributed by atoms with E-state index < -0.39 is 0 Å². The van der Waals surface area contributed by atoms with Gasteiger partial charge < -0.3 is 5.32 Å². The largest absolute Gasteiger partial charge is 0.319 e. The van der Waals surface area contributed by atoms with Crippen molar-refractivity contribution in [1.29, 1.82) is 0 Å². The number of anilines is 1. The standard InChI is InChI=1S/C15H13N5O/c21-15(14-18-13(19-20-14)9-3-4-9)17-11-5-6-12-10(8-11)2-1-7-16-12/h1-2,5-9H,3-4H2,(H,17,21)(H,18,19,20). The Morgan fingerprint density at radius 3 is 3.05 bits per heavy atom. The van der Waals surface area contributed by atoms with Crippen LogP contribution in [0.3, 0.4) is 0 Å². The summed E-state index contributed by atoms with van der Waals surface area (Å²) in [5.74, 6) is 1.14. The number of amides is 1. The Kier molecular flexibility index (Phi) is 2.67. The summed E-state index contributed by atoms with van der Waals surface area (Å²) >= 11 is 0. The lowest BCUT2D eigenvalue weighted by Crippen LogP contribution is -2.13. The molecule has 3 aromatic rings. The van der Waals surface area contributed by atoms with Gasteiger partial charge in [-0.05, 0) is 37.1 Å². The number of aromatic nitrogens is 4. The number of hydrogen-bond donors (Lipinski definition) is 2. The molecule has 1 amide bonds. The fraction of sp³-hybridized carbons (Fsp3) is 0.200. The first-order chi connectivity index (χ1) is 10.3. The lowest BCUT2D eigenvalue weighted by molar-refractivity contribution is 0.101. The van der Waals surface area contributed by atoms with Crippen LogP contribution in [-0.4, -0.2) is 26.1 Å². The van der Waals surface area contributed by atoms with Gasteiger partial charge in [-0.3, -0.25) is 14.9 Å². The van der Waals surface area contributed by atoms with Gasteiger partial charge in [-0.1, -0.05) is 6.07 Å². The molecule has 0 bridgehead atoms. The summed E-state index contributed by atoms with van der Waals surface area (Å²) in [7, 11) is 0. The summed E-state index contributed by atoms with van der Waals surface area (Å²) in [5, 5.41) is 10.6. The molecule has 1 aromatic carbocycles. The second-order valence-electron chi connectivity index (χ2n) is 5.18. The SMILES string of the molecule is O=C(Nc1ccc2ncccc2c1)c1n[nH]c(C2CC2)n1. The van der Waals surface area contributed by atoms with Gasteiger partial charge in [0.05, 0.1) is 5.52 Å². The third kappa shape index (κ3) is 2.35. The second-order valence-corrected chi connectivity index (χ2v) is 5.18. The molecule has 0 unspecified atom stereocenters. The molecule has 21 heavy (non-hydrogen) atoms. The Morgan fingerprint density at radius 2 is 2.19 bits per heavy atom. The van der Waals surface area contributed by atoms with E-state index in [0.29, 0.717) is 11.6 Å². The fourth-order valence-electron chi connectivity index (χ4n) is 2.26. The van der Waals surface area contributed by atoms with Crippen LogP contribution in [0.25, 0.3) is 10.9 Å². The van der Waals surface area contributed by atoms with Gasteiger partial charge in [0.15, 0.2) is 0 Å². The normalized spacial score (nSPS) is 14.3. The minimum atomic E-state index is -0.304. The molecule has 4 rings (SSSR count). The number of hydrogen-bond acceptors (Lipinski definition) is 4. The van der Waals surface area contributed by atoms with Crippen LogP contribution in [0.15, 0.2) is 36.5 Å². The van der Waals surface area contributed by atoms with Crippen molar-refractivity contribution in [3.63, 3.8) is 0 Å².